The summed E-state index contributed by atoms with van der Waals surface area (Å²) >= 11 is 3.26. The maximum Gasteiger partial charge on any atom is 0.302 e. The lowest BCUT2D eigenvalue weighted by Crippen LogP contribution is -2.34. The Morgan fingerprint density at radius 2 is 2.18 bits per heavy atom. The van der Waals surface area contributed by atoms with E-state index in [4.69, 9.17) is 9.47 Å². The Labute approximate surface area is 133 Å². The van der Waals surface area contributed by atoms with Gasteiger partial charge in [-0.3, -0.25) is 9.36 Å². The fraction of sp³-hybridized carbons (Fsp3) is 0.500. The molecule has 0 aliphatic carbocycles. The number of rotatable bonds is 3. The van der Waals surface area contributed by atoms with E-state index in [2.05, 4.69) is 30.9 Å². The Morgan fingerprint density at radius 1 is 1.41 bits per heavy atom. The minimum absolute atomic E-state index is 0.143. The van der Waals surface area contributed by atoms with Gasteiger partial charge in [-0.15, -0.1) is 0 Å². The third-order valence-electron chi connectivity index (χ3n) is 3.38. The van der Waals surface area contributed by atoms with Crippen molar-refractivity contribution in [2.75, 3.05) is 6.61 Å². The molecule has 9 nitrogen and oxygen atoms in total. The lowest BCUT2D eigenvalue weighted by Gasteiger charge is -2.16. The van der Waals surface area contributed by atoms with Crippen molar-refractivity contribution in [2.24, 2.45) is 0 Å². The average Bonchev–Trinajstić information content (AvgIpc) is 3.01. The molecule has 0 radical (unpaired) electrons. The van der Waals surface area contributed by atoms with Crippen molar-refractivity contribution in [3.63, 3.8) is 0 Å². The van der Waals surface area contributed by atoms with Crippen molar-refractivity contribution in [3.05, 3.63) is 17.3 Å². The van der Waals surface area contributed by atoms with Gasteiger partial charge < -0.3 is 19.7 Å². The summed E-state index contributed by atoms with van der Waals surface area (Å²) in [7, 11) is 0. The molecule has 0 amide bonds. The van der Waals surface area contributed by atoms with Crippen LogP contribution in [0.4, 0.5) is 0 Å². The third-order valence-corrected chi connectivity index (χ3v) is 3.96. The molecular weight excluding hydrogens is 360 g/mol. The summed E-state index contributed by atoms with van der Waals surface area (Å²) in [5.74, 6) is -0.488. The van der Waals surface area contributed by atoms with Gasteiger partial charge in [0.15, 0.2) is 11.9 Å². The van der Waals surface area contributed by atoms with Crippen LogP contribution in [0, 0.1) is 0 Å². The SMILES string of the molecule is CC(=O)OC[C@H]1O[C@@H](n2cnc3c(Br)ncnc32)[C@@H](O)[C@H]1O. The number of aliphatic hydroxyl groups excluding tert-OH is 2. The second-order valence-corrected chi connectivity index (χ2v) is 5.59. The average molecular weight is 373 g/mol. The van der Waals surface area contributed by atoms with Crippen molar-refractivity contribution in [1.82, 2.24) is 19.5 Å². The molecule has 1 fully saturated rings. The zero-order valence-electron chi connectivity index (χ0n) is 11.5. The second kappa shape index (κ2) is 5.88. The van der Waals surface area contributed by atoms with E-state index in [-0.39, 0.29) is 6.61 Å². The third kappa shape index (κ3) is 2.58. The van der Waals surface area contributed by atoms with Crippen LogP contribution in [0.2, 0.25) is 0 Å². The minimum Gasteiger partial charge on any atom is -0.463 e. The monoisotopic (exact) mass is 372 g/mol. The highest BCUT2D eigenvalue weighted by Gasteiger charge is 2.44. The van der Waals surface area contributed by atoms with Gasteiger partial charge in [-0.2, -0.15) is 0 Å². The zero-order chi connectivity index (χ0) is 15.9. The number of carbonyl (C=O) groups excluding carboxylic acids is 1. The van der Waals surface area contributed by atoms with Crippen LogP contribution in [0.3, 0.4) is 0 Å². The fourth-order valence-corrected chi connectivity index (χ4v) is 2.68. The van der Waals surface area contributed by atoms with Crippen LogP contribution in [0.15, 0.2) is 17.3 Å². The van der Waals surface area contributed by atoms with Crippen LogP contribution in [-0.4, -0.2) is 60.6 Å². The number of hydrogen-bond acceptors (Lipinski definition) is 8. The summed E-state index contributed by atoms with van der Waals surface area (Å²) in [6.45, 7) is 1.11. The molecule has 4 atom stereocenters. The smallest absolute Gasteiger partial charge is 0.302 e. The Morgan fingerprint density at radius 3 is 2.91 bits per heavy atom. The largest absolute Gasteiger partial charge is 0.463 e. The van der Waals surface area contributed by atoms with E-state index in [1.165, 1.54) is 24.1 Å². The highest BCUT2D eigenvalue weighted by Crippen LogP contribution is 2.32. The molecular formula is C12H13BrN4O5. The molecule has 22 heavy (non-hydrogen) atoms. The first-order chi connectivity index (χ1) is 10.5. The van der Waals surface area contributed by atoms with Gasteiger partial charge in [0.05, 0.1) is 6.33 Å². The van der Waals surface area contributed by atoms with E-state index in [1.54, 1.807) is 0 Å². The number of ether oxygens (including phenoxy) is 2. The summed E-state index contributed by atoms with van der Waals surface area (Å²) in [6, 6.07) is 0. The van der Waals surface area contributed by atoms with E-state index in [0.717, 1.165) is 0 Å². The lowest BCUT2D eigenvalue weighted by molar-refractivity contribution is -0.147. The molecule has 3 heterocycles. The van der Waals surface area contributed by atoms with E-state index >= 15 is 0 Å². The van der Waals surface area contributed by atoms with Crippen LogP contribution in [0.5, 0.6) is 0 Å². The first-order valence-electron chi connectivity index (χ1n) is 6.47. The Bertz CT molecular complexity index is 708. The Hall–Kier alpha value is -1.62. The molecule has 118 valence electrons. The zero-order valence-corrected chi connectivity index (χ0v) is 13.0. The first kappa shape index (κ1) is 15.3. The van der Waals surface area contributed by atoms with Gasteiger partial charge in [0, 0.05) is 6.92 Å². The molecule has 2 aromatic heterocycles. The van der Waals surface area contributed by atoms with Crippen LogP contribution < -0.4 is 0 Å². The molecule has 1 saturated heterocycles. The molecule has 0 bridgehead atoms. The topological polar surface area (TPSA) is 120 Å². The van der Waals surface area contributed by atoms with Gasteiger partial charge in [-0.25, -0.2) is 15.0 Å². The quantitative estimate of drug-likeness (QED) is 0.560. The molecule has 1 aliphatic heterocycles. The summed E-state index contributed by atoms with van der Waals surface area (Å²) in [5.41, 5.74) is 0.961. The lowest BCUT2D eigenvalue weighted by atomic mass is 10.1. The summed E-state index contributed by atoms with van der Waals surface area (Å²) < 4.78 is 12.4. The van der Waals surface area contributed by atoms with Crippen LogP contribution in [0.1, 0.15) is 13.2 Å². The molecule has 10 heteroatoms. The van der Waals surface area contributed by atoms with Crippen LogP contribution in [0.25, 0.3) is 11.2 Å². The number of hydrogen-bond donors (Lipinski definition) is 2. The molecule has 2 aromatic rings. The molecule has 1 aliphatic rings. The second-order valence-electron chi connectivity index (χ2n) is 4.84. The van der Waals surface area contributed by atoms with Crippen molar-refractivity contribution in [3.8, 4) is 0 Å². The van der Waals surface area contributed by atoms with Crippen LogP contribution >= 0.6 is 15.9 Å². The van der Waals surface area contributed by atoms with E-state index < -0.39 is 30.5 Å². The molecule has 0 spiro atoms. The van der Waals surface area contributed by atoms with Crippen molar-refractivity contribution in [2.45, 2.75) is 31.5 Å². The number of carbonyl (C=O) groups is 1. The predicted molar refractivity (Wildman–Crippen MR) is 75.6 cm³/mol. The van der Waals surface area contributed by atoms with E-state index in [9.17, 15) is 15.0 Å². The Balaban J connectivity index is 1.87. The molecule has 0 unspecified atom stereocenters. The van der Waals surface area contributed by atoms with Crippen LogP contribution in [-0.2, 0) is 14.3 Å². The summed E-state index contributed by atoms with van der Waals surface area (Å²) in [6.07, 6.45) is -1.31. The molecule has 3 rings (SSSR count). The van der Waals surface area contributed by atoms with Gasteiger partial charge in [0.1, 0.15) is 41.4 Å². The van der Waals surface area contributed by atoms with Gasteiger partial charge in [0.2, 0.25) is 0 Å². The van der Waals surface area contributed by atoms with Gasteiger partial charge in [0.25, 0.3) is 0 Å². The minimum atomic E-state index is -1.20. The predicted octanol–water partition coefficient (Wildman–Crippen LogP) is -0.229. The first-order valence-corrected chi connectivity index (χ1v) is 7.26. The maximum absolute atomic E-state index is 10.9. The summed E-state index contributed by atoms with van der Waals surface area (Å²) in [5, 5.41) is 20.2. The fourth-order valence-electron chi connectivity index (χ4n) is 2.31. The number of fused-ring (bicyclic) bond motifs is 1. The van der Waals surface area contributed by atoms with Gasteiger partial charge in [-0.1, -0.05) is 0 Å². The van der Waals surface area contributed by atoms with Gasteiger partial charge >= 0.3 is 5.97 Å². The van der Waals surface area contributed by atoms with E-state index in [1.807, 2.05) is 0 Å². The van der Waals surface area contributed by atoms with Crippen molar-refractivity contribution >= 4 is 33.1 Å². The number of nitrogens with zero attached hydrogens (tertiary/aromatic N) is 4. The summed E-state index contributed by atoms with van der Waals surface area (Å²) in [4.78, 5) is 23.1. The van der Waals surface area contributed by atoms with Crippen molar-refractivity contribution < 1.29 is 24.5 Å². The molecule has 0 saturated carbocycles. The number of aliphatic hydroxyl groups is 2. The maximum atomic E-state index is 10.9. The van der Waals surface area contributed by atoms with Gasteiger partial charge in [-0.05, 0) is 15.9 Å². The number of imidazole rings is 1. The number of aromatic nitrogens is 4. The van der Waals surface area contributed by atoms with Crippen molar-refractivity contribution in [1.29, 1.82) is 0 Å². The molecule has 0 aromatic carbocycles. The standard InChI is InChI=1S/C12H13BrN4O5/c1-5(18)21-2-6-8(19)9(20)12(22-6)17-4-16-7-10(13)14-3-15-11(7)17/h3-4,6,8-9,12,19-20H,2H2,1H3/t6-,8+,9+,12-/m1/s1. The molecule has 2 N–H and O–H groups in total. The normalized spacial score (nSPS) is 28.2. The number of halogens is 1. The number of esters is 1. The highest BCUT2D eigenvalue weighted by atomic mass is 79.9. The highest BCUT2D eigenvalue weighted by molar-refractivity contribution is 9.10. The Kier molecular flexibility index (Phi) is 4.08. The van der Waals surface area contributed by atoms with E-state index in [0.29, 0.717) is 15.8 Å².